The van der Waals surface area contributed by atoms with Crippen molar-refractivity contribution in [3.05, 3.63) is 0 Å². The molecule has 1 N–H and O–H groups in total. The van der Waals surface area contributed by atoms with Crippen molar-refractivity contribution < 1.29 is 0 Å². The number of rotatable bonds is 6. The topological polar surface area (TPSA) is 35.8 Å². The second-order valence-electron chi connectivity index (χ2n) is 3.62. The summed E-state index contributed by atoms with van der Waals surface area (Å²) in [7, 11) is 0. The second-order valence-corrected chi connectivity index (χ2v) is 3.62. The number of nitrogens with zero attached hydrogens (tertiary/aromatic N) is 1. The van der Waals surface area contributed by atoms with Crippen LogP contribution in [0.4, 0.5) is 0 Å². The zero-order valence-corrected chi connectivity index (χ0v) is 9.30. The summed E-state index contributed by atoms with van der Waals surface area (Å²) in [6.45, 7) is 8.64. The van der Waals surface area contributed by atoms with Crippen LogP contribution < -0.4 is 5.32 Å². The number of hydrogen-bond acceptors (Lipinski definition) is 2. The van der Waals surface area contributed by atoms with Gasteiger partial charge in [-0.1, -0.05) is 33.6 Å². The van der Waals surface area contributed by atoms with Gasteiger partial charge in [-0.25, -0.2) is 0 Å². The Morgan fingerprint density at radius 2 is 1.69 bits per heavy atom. The summed E-state index contributed by atoms with van der Waals surface area (Å²) in [5.41, 5.74) is 0. The molecule has 0 aliphatic heterocycles. The van der Waals surface area contributed by atoms with Crippen molar-refractivity contribution >= 4 is 0 Å². The number of nitrogens with one attached hydrogen (secondary N) is 1. The molecule has 0 radical (unpaired) electrons. The minimum atomic E-state index is 0.0237. The molecular weight excluding hydrogens is 160 g/mol. The zero-order valence-electron chi connectivity index (χ0n) is 9.30. The van der Waals surface area contributed by atoms with Crippen LogP contribution in [0.1, 0.15) is 47.0 Å². The standard InChI is InChI=1S/C11H22N2/c1-5-10(6-2)9(4)13-11(7-3)8-12/h9-11,13H,5-7H2,1-4H3. The van der Waals surface area contributed by atoms with Crippen LogP contribution in [-0.4, -0.2) is 12.1 Å². The van der Waals surface area contributed by atoms with Gasteiger partial charge in [0.25, 0.3) is 0 Å². The summed E-state index contributed by atoms with van der Waals surface area (Å²) >= 11 is 0. The Morgan fingerprint density at radius 3 is 2.00 bits per heavy atom. The predicted molar refractivity (Wildman–Crippen MR) is 56.4 cm³/mol. The molecule has 0 heterocycles. The number of hydrogen-bond donors (Lipinski definition) is 1. The fourth-order valence-corrected chi connectivity index (χ4v) is 1.70. The molecule has 0 saturated carbocycles. The van der Waals surface area contributed by atoms with E-state index < -0.39 is 0 Å². The van der Waals surface area contributed by atoms with Crippen LogP contribution >= 0.6 is 0 Å². The van der Waals surface area contributed by atoms with Gasteiger partial charge in [-0.2, -0.15) is 5.26 Å². The molecule has 2 atom stereocenters. The van der Waals surface area contributed by atoms with Gasteiger partial charge in [0.1, 0.15) is 0 Å². The summed E-state index contributed by atoms with van der Waals surface area (Å²) in [5.74, 6) is 0.697. The van der Waals surface area contributed by atoms with Crippen LogP contribution in [0, 0.1) is 17.2 Å². The lowest BCUT2D eigenvalue weighted by molar-refractivity contribution is 0.337. The van der Waals surface area contributed by atoms with Crippen molar-refractivity contribution in [1.82, 2.24) is 5.32 Å². The van der Waals surface area contributed by atoms with Gasteiger partial charge >= 0.3 is 0 Å². The quantitative estimate of drug-likeness (QED) is 0.685. The number of nitriles is 1. The van der Waals surface area contributed by atoms with Crippen LogP contribution in [-0.2, 0) is 0 Å². The van der Waals surface area contributed by atoms with Crippen molar-refractivity contribution in [2.45, 2.75) is 59.0 Å². The Morgan fingerprint density at radius 1 is 1.15 bits per heavy atom. The molecule has 2 unspecified atom stereocenters. The van der Waals surface area contributed by atoms with E-state index in [1.54, 1.807) is 0 Å². The molecule has 0 aliphatic carbocycles. The minimum absolute atomic E-state index is 0.0237. The fourth-order valence-electron chi connectivity index (χ4n) is 1.70. The van der Waals surface area contributed by atoms with E-state index in [0.717, 1.165) is 6.42 Å². The lowest BCUT2D eigenvalue weighted by Gasteiger charge is -2.24. The summed E-state index contributed by atoms with van der Waals surface area (Å²) in [4.78, 5) is 0. The molecule has 0 bridgehead atoms. The van der Waals surface area contributed by atoms with Crippen LogP contribution in [0.15, 0.2) is 0 Å². The maximum absolute atomic E-state index is 8.79. The first-order chi connectivity index (χ1) is 6.19. The summed E-state index contributed by atoms with van der Waals surface area (Å²) < 4.78 is 0. The molecule has 0 fully saturated rings. The normalized spacial score (nSPS) is 15.4. The molecule has 0 aromatic rings. The molecule has 0 saturated heterocycles. The van der Waals surface area contributed by atoms with Crippen LogP contribution in [0.2, 0.25) is 0 Å². The molecule has 2 heteroatoms. The highest BCUT2D eigenvalue weighted by atomic mass is 14.9. The Balaban J connectivity index is 3.96. The monoisotopic (exact) mass is 182 g/mol. The van der Waals surface area contributed by atoms with Gasteiger partial charge in [-0.05, 0) is 19.3 Å². The minimum Gasteiger partial charge on any atom is -0.299 e. The third kappa shape index (κ3) is 4.28. The average Bonchev–Trinajstić information content (AvgIpc) is 2.16. The van der Waals surface area contributed by atoms with Crippen molar-refractivity contribution in [1.29, 1.82) is 5.26 Å². The molecule has 76 valence electrons. The average molecular weight is 182 g/mol. The Hall–Kier alpha value is -0.550. The van der Waals surface area contributed by atoms with E-state index in [0.29, 0.717) is 12.0 Å². The summed E-state index contributed by atoms with van der Waals surface area (Å²) in [5, 5.41) is 12.1. The molecule has 13 heavy (non-hydrogen) atoms. The van der Waals surface area contributed by atoms with Crippen molar-refractivity contribution in [2.75, 3.05) is 0 Å². The largest absolute Gasteiger partial charge is 0.299 e. The Bertz CT molecular complexity index is 156. The van der Waals surface area contributed by atoms with E-state index in [1.165, 1.54) is 12.8 Å². The van der Waals surface area contributed by atoms with Gasteiger partial charge in [0.15, 0.2) is 0 Å². The SMILES string of the molecule is CCC(C#N)NC(C)C(CC)CC. The van der Waals surface area contributed by atoms with Crippen LogP contribution in [0.5, 0.6) is 0 Å². The van der Waals surface area contributed by atoms with E-state index in [1.807, 2.05) is 6.92 Å². The van der Waals surface area contributed by atoms with Gasteiger partial charge in [0.05, 0.1) is 12.1 Å². The highest BCUT2D eigenvalue weighted by Crippen LogP contribution is 2.13. The van der Waals surface area contributed by atoms with Crippen LogP contribution in [0.25, 0.3) is 0 Å². The van der Waals surface area contributed by atoms with Gasteiger partial charge in [-0.3, -0.25) is 5.32 Å². The lowest BCUT2D eigenvalue weighted by Crippen LogP contribution is -2.39. The van der Waals surface area contributed by atoms with Gasteiger partial charge in [0.2, 0.25) is 0 Å². The third-order valence-corrected chi connectivity index (χ3v) is 2.78. The highest BCUT2D eigenvalue weighted by Gasteiger charge is 2.16. The highest BCUT2D eigenvalue weighted by molar-refractivity contribution is 4.90. The molecule has 0 aromatic heterocycles. The van der Waals surface area contributed by atoms with Gasteiger partial charge in [0, 0.05) is 6.04 Å². The van der Waals surface area contributed by atoms with E-state index >= 15 is 0 Å². The zero-order chi connectivity index (χ0) is 10.3. The van der Waals surface area contributed by atoms with Gasteiger partial charge in [-0.15, -0.1) is 0 Å². The maximum Gasteiger partial charge on any atom is 0.0952 e. The van der Waals surface area contributed by atoms with Crippen molar-refractivity contribution in [2.24, 2.45) is 5.92 Å². The van der Waals surface area contributed by atoms with E-state index in [2.05, 4.69) is 32.2 Å². The molecule has 0 aliphatic rings. The van der Waals surface area contributed by atoms with E-state index in [-0.39, 0.29) is 6.04 Å². The molecule has 0 aromatic carbocycles. The summed E-state index contributed by atoms with van der Waals surface area (Å²) in [6, 6.07) is 2.76. The maximum atomic E-state index is 8.79. The molecule has 0 amide bonds. The second kappa shape index (κ2) is 6.91. The van der Waals surface area contributed by atoms with Crippen LogP contribution in [0.3, 0.4) is 0 Å². The Kier molecular flexibility index (Phi) is 6.62. The lowest BCUT2D eigenvalue weighted by atomic mass is 9.95. The Labute approximate surface area is 82.3 Å². The smallest absolute Gasteiger partial charge is 0.0952 e. The van der Waals surface area contributed by atoms with E-state index in [4.69, 9.17) is 5.26 Å². The first-order valence-electron chi connectivity index (χ1n) is 5.35. The molecule has 0 spiro atoms. The first-order valence-corrected chi connectivity index (χ1v) is 5.35. The molecular formula is C11H22N2. The van der Waals surface area contributed by atoms with Crippen molar-refractivity contribution in [3.63, 3.8) is 0 Å². The van der Waals surface area contributed by atoms with Gasteiger partial charge < -0.3 is 0 Å². The molecule has 2 nitrogen and oxygen atoms in total. The van der Waals surface area contributed by atoms with E-state index in [9.17, 15) is 0 Å². The van der Waals surface area contributed by atoms with Crippen molar-refractivity contribution in [3.8, 4) is 6.07 Å². The summed E-state index contributed by atoms with van der Waals surface area (Å²) in [6.07, 6.45) is 3.26. The first kappa shape index (κ1) is 12.4. The predicted octanol–water partition coefficient (Wildman–Crippen LogP) is 2.70. The molecule has 0 rings (SSSR count). The fraction of sp³-hybridized carbons (Fsp3) is 0.909. The third-order valence-electron chi connectivity index (χ3n) is 2.78.